The van der Waals surface area contributed by atoms with Crippen molar-refractivity contribution in [1.29, 1.82) is 0 Å². The molecule has 2 heterocycles. The van der Waals surface area contributed by atoms with Gasteiger partial charge in [0.15, 0.2) is 0 Å². The molecule has 2 unspecified atom stereocenters. The molecular formula is C11H19N3OS. The van der Waals surface area contributed by atoms with E-state index >= 15 is 0 Å². The van der Waals surface area contributed by atoms with Crippen LogP contribution in [0.2, 0.25) is 0 Å². The van der Waals surface area contributed by atoms with E-state index in [2.05, 4.69) is 34.6 Å². The average molecular weight is 241 g/mol. The van der Waals surface area contributed by atoms with Gasteiger partial charge in [0.25, 0.3) is 0 Å². The van der Waals surface area contributed by atoms with Gasteiger partial charge in [-0.15, -0.1) is 11.3 Å². The molecule has 0 aromatic carbocycles. The number of nitrogens with one attached hydrogen (secondary N) is 1. The second-order valence-corrected chi connectivity index (χ2v) is 5.02. The Hall–Kier alpha value is -0.490. The SMILES string of the molecule is CC(NCC1CN(C)CCO1)c1cscn1. The number of rotatable bonds is 4. The van der Waals surface area contributed by atoms with E-state index in [1.807, 2.05) is 5.51 Å². The summed E-state index contributed by atoms with van der Waals surface area (Å²) in [5.41, 5.74) is 2.99. The van der Waals surface area contributed by atoms with Crippen molar-refractivity contribution in [3.8, 4) is 0 Å². The van der Waals surface area contributed by atoms with E-state index in [-0.39, 0.29) is 0 Å². The maximum Gasteiger partial charge on any atom is 0.0826 e. The molecule has 5 heteroatoms. The quantitative estimate of drug-likeness (QED) is 0.857. The minimum Gasteiger partial charge on any atom is -0.374 e. The molecule has 0 spiro atoms. The highest BCUT2D eigenvalue weighted by Crippen LogP contribution is 2.12. The monoisotopic (exact) mass is 241 g/mol. The fourth-order valence-electron chi connectivity index (χ4n) is 1.84. The molecular weight excluding hydrogens is 222 g/mol. The zero-order valence-electron chi connectivity index (χ0n) is 9.85. The van der Waals surface area contributed by atoms with Crippen LogP contribution in [0.3, 0.4) is 0 Å². The van der Waals surface area contributed by atoms with Gasteiger partial charge in [0.1, 0.15) is 0 Å². The van der Waals surface area contributed by atoms with Gasteiger partial charge in [-0.2, -0.15) is 0 Å². The summed E-state index contributed by atoms with van der Waals surface area (Å²) in [6.45, 7) is 5.92. The third-order valence-electron chi connectivity index (χ3n) is 2.89. The summed E-state index contributed by atoms with van der Waals surface area (Å²) in [4.78, 5) is 6.61. The molecule has 2 rings (SSSR count). The van der Waals surface area contributed by atoms with Crippen molar-refractivity contribution >= 4 is 11.3 Å². The zero-order chi connectivity index (χ0) is 11.4. The summed E-state index contributed by atoms with van der Waals surface area (Å²) in [5.74, 6) is 0. The average Bonchev–Trinajstić information content (AvgIpc) is 2.79. The lowest BCUT2D eigenvalue weighted by Crippen LogP contribution is -2.45. The second kappa shape index (κ2) is 5.72. The second-order valence-electron chi connectivity index (χ2n) is 4.30. The highest BCUT2D eigenvalue weighted by molar-refractivity contribution is 7.07. The standard InChI is InChI=1S/C11H19N3OS/c1-9(11-7-16-8-13-11)12-5-10-6-14(2)3-4-15-10/h7-10,12H,3-6H2,1-2H3. The van der Waals surface area contributed by atoms with E-state index in [9.17, 15) is 0 Å². The van der Waals surface area contributed by atoms with Gasteiger partial charge in [0, 0.05) is 31.1 Å². The number of morpholine rings is 1. The summed E-state index contributed by atoms with van der Waals surface area (Å²) in [7, 11) is 2.14. The van der Waals surface area contributed by atoms with Crippen LogP contribution >= 0.6 is 11.3 Å². The summed E-state index contributed by atoms with van der Waals surface area (Å²) < 4.78 is 5.69. The Labute approximate surface area is 101 Å². The molecule has 1 aromatic heterocycles. The highest BCUT2D eigenvalue weighted by atomic mass is 32.1. The van der Waals surface area contributed by atoms with Crippen molar-refractivity contribution in [2.75, 3.05) is 33.3 Å². The van der Waals surface area contributed by atoms with E-state index in [4.69, 9.17) is 4.74 Å². The minimum absolute atomic E-state index is 0.305. The van der Waals surface area contributed by atoms with Crippen LogP contribution in [0.25, 0.3) is 0 Å². The largest absolute Gasteiger partial charge is 0.374 e. The molecule has 1 saturated heterocycles. The van der Waals surface area contributed by atoms with E-state index in [0.717, 1.165) is 31.9 Å². The third kappa shape index (κ3) is 3.25. The van der Waals surface area contributed by atoms with E-state index in [0.29, 0.717) is 12.1 Å². The van der Waals surface area contributed by atoms with Crippen molar-refractivity contribution in [2.24, 2.45) is 0 Å². The molecule has 0 bridgehead atoms. The van der Waals surface area contributed by atoms with Crippen LogP contribution in [0.1, 0.15) is 18.7 Å². The van der Waals surface area contributed by atoms with Crippen molar-refractivity contribution < 1.29 is 4.74 Å². The molecule has 4 nitrogen and oxygen atoms in total. The van der Waals surface area contributed by atoms with Gasteiger partial charge in [-0.05, 0) is 14.0 Å². The predicted molar refractivity (Wildman–Crippen MR) is 65.8 cm³/mol. The molecule has 90 valence electrons. The maximum atomic E-state index is 5.69. The smallest absolute Gasteiger partial charge is 0.0826 e. The minimum atomic E-state index is 0.305. The Morgan fingerprint density at radius 1 is 1.75 bits per heavy atom. The number of nitrogens with zero attached hydrogens (tertiary/aromatic N) is 2. The highest BCUT2D eigenvalue weighted by Gasteiger charge is 2.18. The number of hydrogen-bond acceptors (Lipinski definition) is 5. The van der Waals surface area contributed by atoms with Gasteiger partial charge in [-0.3, -0.25) is 0 Å². The van der Waals surface area contributed by atoms with Crippen molar-refractivity contribution in [1.82, 2.24) is 15.2 Å². The number of ether oxygens (including phenoxy) is 1. The van der Waals surface area contributed by atoms with Gasteiger partial charge in [-0.1, -0.05) is 0 Å². The van der Waals surface area contributed by atoms with Crippen LogP contribution in [-0.2, 0) is 4.74 Å². The van der Waals surface area contributed by atoms with E-state index in [1.165, 1.54) is 0 Å². The Kier molecular flexibility index (Phi) is 4.29. The lowest BCUT2D eigenvalue weighted by atomic mass is 10.2. The molecule has 0 amide bonds. The summed E-state index contributed by atoms with van der Waals surface area (Å²) in [5, 5.41) is 5.56. The number of hydrogen-bond donors (Lipinski definition) is 1. The first-order valence-electron chi connectivity index (χ1n) is 5.67. The first kappa shape index (κ1) is 12.0. The molecule has 0 saturated carbocycles. The molecule has 2 atom stereocenters. The summed E-state index contributed by atoms with van der Waals surface area (Å²) >= 11 is 1.64. The molecule has 1 aliphatic rings. The topological polar surface area (TPSA) is 37.4 Å². The maximum absolute atomic E-state index is 5.69. The normalized spacial score (nSPS) is 24.5. The third-order valence-corrected chi connectivity index (χ3v) is 3.49. The summed E-state index contributed by atoms with van der Waals surface area (Å²) in [6.07, 6.45) is 0.305. The van der Waals surface area contributed by atoms with Crippen molar-refractivity contribution in [3.63, 3.8) is 0 Å². The molecule has 0 radical (unpaired) electrons. The van der Waals surface area contributed by atoms with Crippen LogP contribution < -0.4 is 5.32 Å². The first-order chi connectivity index (χ1) is 7.75. The van der Waals surface area contributed by atoms with Gasteiger partial charge in [-0.25, -0.2) is 4.98 Å². The van der Waals surface area contributed by atoms with Gasteiger partial charge in [0.05, 0.1) is 23.9 Å². The fourth-order valence-corrected chi connectivity index (χ4v) is 2.49. The van der Waals surface area contributed by atoms with E-state index < -0.39 is 0 Å². The van der Waals surface area contributed by atoms with Crippen molar-refractivity contribution in [3.05, 3.63) is 16.6 Å². The lowest BCUT2D eigenvalue weighted by molar-refractivity contribution is -0.0191. The van der Waals surface area contributed by atoms with Crippen LogP contribution in [0, 0.1) is 0 Å². The predicted octanol–water partition coefficient (Wildman–Crippen LogP) is 1.12. The number of likely N-dealkylation sites (N-methyl/N-ethyl adjacent to an activating group) is 1. The summed E-state index contributed by atoms with van der Waals surface area (Å²) in [6, 6.07) is 0.307. The van der Waals surface area contributed by atoms with Crippen LogP contribution in [-0.4, -0.2) is 49.3 Å². The van der Waals surface area contributed by atoms with E-state index in [1.54, 1.807) is 11.3 Å². The molecule has 0 aliphatic carbocycles. The van der Waals surface area contributed by atoms with Crippen LogP contribution in [0.15, 0.2) is 10.9 Å². The van der Waals surface area contributed by atoms with Crippen molar-refractivity contribution in [2.45, 2.75) is 19.1 Å². The van der Waals surface area contributed by atoms with Gasteiger partial charge >= 0.3 is 0 Å². The van der Waals surface area contributed by atoms with Gasteiger partial charge < -0.3 is 15.0 Å². The Morgan fingerprint density at radius 2 is 2.62 bits per heavy atom. The Bertz CT molecular complexity index is 304. The zero-order valence-corrected chi connectivity index (χ0v) is 10.7. The molecule has 1 aliphatic heterocycles. The van der Waals surface area contributed by atoms with Gasteiger partial charge in [0.2, 0.25) is 0 Å². The van der Waals surface area contributed by atoms with Crippen LogP contribution in [0.5, 0.6) is 0 Å². The molecule has 1 aromatic rings. The number of thiazole rings is 1. The fraction of sp³-hybridized carbons (Fsp3) is 0.727. The first-order valence-corrected chi connectivity index (χ1v) is 6.61. The lowest BCUT2D eigenvalue weighted by Gasteiger charge is -2.30. The van der Waals surface area contributed by atoms with Crippen LogP contribution in [0.4, 0.5) is 0 Å². The molecule has 1 fully saturated rings. The molecule has 16 heavy (non-hydrogen) atoms. The number of aromatic nitrogens is 1. The Morgan fingerprint density at radius 3 is 3.31 bits per heavy atom. The Balaban J connectivity index is 1.74. The molecule has 1 N–H and O–H groups in total.